The Morgan fingerprint density at radius 1 is 0.719 bits per heavy atom. The van der Waals surface area contributed by atoms with Crippen LogP contribution in [0.25, 0.3) is 32.7 Å². The Hall–Kier alpha value is -2.30. The largest absolute Gasteiger partial charge is 0.497 e. The van der Waals surface area contributed by atoms with E-state index in [9.17, 15) is 0 Å². The lowest BCUT2D eigenvalue weighted by molar-refractivity contribution is 0.200. The SMILES string of the molecule is CCCCCCOB(OCCCCCC)c1cc2ccccc2c2c1oc1ccccc12. The zero-order valence-electron chi connectivity index (χ0n) is 19.6. The van der Waals surface area contributed by atoms with Gasteiger partial charge in [-0.2, -0.15) is 0 Å². The van der Waals surface area contributed by atoms with Gasteiger partial charge >= 0.3 is 7.12 Å². The molecule has 0 aliphatic rings. The van der Waals surface area contributed by atoms with Crippen molar-refractivity contribution in [3.63, 3.8) is 0 Å². The molecule has 3 nitrogen and oxygen atoms in total. The standard InChI is InChI=1S/C28H35BO3/c1-3-5-7-13-19-30-29(31-20-14-8-6-4-2)25-21-22-15-9-10-16-23(22)27-24-17-11-12-18-26(24)32-28(25)27/h9-12,15-18,21H,3-8,13-14,19-20H2,1-2H3. The van der Waals surface area contributed by atoms with E-state index in [2.05, 4.69) is 56.3 Å². The second-order valence-electron chi connectivity index (χ2n) is 8.68. The molecule has 0 bridgehead atoms. The minimum atomic E-state index is -0.411. The highest BCUT2D eigenvalue weighted by molar-refractivity contribution is 6.65. The molecule has 0 spiro atoms. The Morgan fingerprint density at radius 2 is 1.34 bits per heavy atom. The van der Waals surface area contributed by atoms with E-state index in [1.807, 2.05) is 12.1 Å². The Balaban J connectivity index is 1.70. The smallest absolute Gasteiger partial charge is 0.456 e. The summed E-state index contributed by atoms with van der Waals surface area (Å²) >= 11 is 0. The average molecular weight is 430 g/mol. The summed E-state index contributed by atoms with van der Waals surface area (Å²) in [6, 6.07) is 19.0. The van der Waals surface area contributed by atoms with Gasteiger partial charge in [0.05, 0.1) is 0 Å². The van der Waals surface area contributed by atoms with Crippen molar-refractivity contribution in [3.8, 4) is 0 Å². The van der Waals surface area contributed by atoms with Crippen LogP contribution in [0.1, 0.15) is 65.2 Å². The van der Waals surface area contributed by atoms with Crippen LogP contribution in [-0.2, 0) is 9.31 Å². The van der Waals surface area contributed by atoms with Crippen molar-refractivity contribution in [2.24, 2.45) is 0 Å². The summed E-state index contributed by atoms with van der Waals surface area (Å²) in [6.07, 6.45) is 9.43. The molecule has 0 N–H and O–H groups in total. The normalized spacial score (nSPS) is 11.7. The number of unbranched alkanes of at least 4 members (excludes halogenated alkanes) is 6. The lowest BCUT2D eigenvalue weighted by atomic mass is 9.76. The van der Waals surface area contributed by atoms with Crippen LogP contribution >= 0.6 is 0 Å². The lowest BCUT2D eigenvalue weighted by Gasteiger charge is -2.16. The molecule has 168 valence electrons. The van der Waals surface area contributed by atoms with Gasteiger partial charge in [-0.25, -0.2) is 0 Å². The molecular weight excluding hydrogens is 395 g/mol. The number of furan rings is 1. The van der Waals surface area contributed by atoms with Crippen LogP contribution in [0.2, 0.25) is 0 Å². The molecule has 0 aliphatic heterocycles. The summed E-state index contributed by atoms with van der Waals surface area (Å²) in [5.41, 5.74) is 2.79. The van der Waals surface area contributed by atoms with Crippen LogP contribution in [0.5, 0.6) is 0 Å². The quantitative estimate of drug-likeness (QED) is 0.161. The van der Waals surface area contributed by atoms with Crippen molar-refractivity contribution in [3.05, 3.63) is 54.6 Å². The molecule has 0 saturated carbocycles. The maximum absolute atomic E-state index is 6.40. The summed E-state index contributed by atoms with van der Waals surface area (Å²) in [7, 11) is -0.411. The molecule has 1 heterocycles. The molecule has 0 aliphatic carbocycles. The second-order valence-corrected chi connectivity index (χ2v) is 8.68. The number of rotatable bonds is 13. The first kappa shape index (κ1) is 22.9. The highest BCUT2D eigenvalue weighted by Crippen LogP contribution is 2.33. The third-order valence-corrected chi connectivity index (χ3v) is 6.19. The van der Waals surface area contributed by atoms with Crippen molar-refractivity contribution >= 4 is 45.3 Å². The van der Waals surface area contributed by atoms with E-state index >= 15 is 0 Å². The average Bonchev–Trinajstić information content (AvgIpc) is 3.22. The topological polar surface area (TPSA) is 31.6 Å². The molecule has 4 heteroatoms. The van der Waals surface area contributed by atoms with E-state index in [1.165, 1.54) is 49.3 Å². The highest BCUT2D eigenvalue weighted by Gasteiger charge is 2.27. The van der Waals surface area contributed by atoms with Crippen LogP contribution in [0, 0.1) is 0 Å². The Kier molecular flexibility index (Phi) is 8.25. The molecule has 0 fully saturated rings. The molecule has 0 radical (unpaired) electrons. The second kappa shape index (κ2) is 11.5. The molecule has 3 aromatic carbocycles. The van der Waals surface area contributed by atoms with Gasteiger partial charge in [0.25, 0.3) is 0 Å². The Morgan fingerprint density at radius 3 is 2.03 bits per heavy atom. The number of benzene rings is 3. The van der Waals surface area contributed by atoms with Crippen molar-refractivity contribution in [2.75, 3.05) is 13.2 Å². The molecule has 4 aromatic rings. The molecular formula is C28H35BO3. The van der Waals surface area contributed by atoms with Crippen molar-refractivity contribution < 1.29 is 13.7 Å². The summed E-state index contributed by atoms with van der Waals surface area (Å²) in [5.74, 6) is 0. The van der Waals surface area contributed by atoms with Gasteiger partial charge in [0.2, 0.25) is 0 Å². The molecule has 1 aromatic heterocycles. The van der Waals surface area contributed by atoms with Gasteiger partial charge in [-0.05, 0) is 29.7 Å². The third-order valence-electron chi connectivity index (χ3n) is 6.19. The first-order chi connectivity index (χ1) is 15.8. The van der Waals surface area contributed by atoms with E-state index in [4.69, 9.17) is 13.7 Å². The molecule has 0 atom stereocenters. The molecule has 0 unspecified atom stereocenters. The van der Waals surface area contributed by atoms with E-state index in [1.54, 1.807) is 0 Å². The van der Waals surface area contributed by atoms with E-state index in [0.717, 1.165) is 40.2 Å². The summed E-state index contributed by atoms with van der Waals surface area (Å²) in [6.45, 7) is 5.87. The van der Waals surface area contributed by atoms with Gasteiger partial charge in [-0.15, -0.1) is 0 Å². The number of hydrogen-bond acceptors (Lipinski definition) is 3. The van der Waals surface area contributed by atoms with Gasteiger partial charge in [0.1, 0.15) is 11.2 Å². The fourth-order valence-electron chi connectivity index (χ4n) is 4.44. The van der Waals surface area contributed by atoms with Gasteiger partial charge in [-0.3, -0.25) is 0 Å². The van der Waals surface area contributed by atoms with Crippen molar-refractivity contribution in [1.29, 1.82) is 0 Å². The Bertz CT molecular complexity index is 1120. The molecule has 0 amide bonds. The maximum atomic E-state index is 6.40. The predicted molar refractivity (Wildman–Crippen MR) is 137 cm³/mol. The van der Waals surface area contributed by atoms with Gasteiger partial charge in [0, 0.05) is 29.4 Å². The zero-order chi connectivity index (χ0) is 22.2. The zero-order valence-corrected chi connectivity index (χ0v) is 19.6. The first-order valence-electron chi connectivity index (χ1n) is 12.4. The molecule has 32 heavy (non-hydrogen) atoms. The predicted octanol–water partition coefficient (Wildman–Crippen LogP) is 7.63. The third kappa shape index (κ3) is 5.19. The van der Waals surface area contributed by atoms with E-state index in [-0.39, 0.29) is 0 Å². The number of hydrogen-bond donors (Lipinski definition) is 0. The van der Waals surface area contributed by atoms with Crippen LogP contribution in [-0.4, -0.2) is 20.3 Å². The van der Waals surface area contributed by atoms with Gasteiger partial charge in [-0.1, -0.05) is 101 Å². The van der Waals surface area contributed by atoms with Crippen LogP contribution in [0.4, 0.5) is 0 Å². The van der Waals surface area contributed by atoms with Crippen molar-refractivity contribution in [1.82, 2.24) is 0 Å². The molecule has 4 rings (SSSR count). The summed E-state index contributed by atoms with van der Waals surface area (Å²) in [4.78, 5) is 0. The maximum Gasteiger partial charge on any atom is 0.497 e. The Labute approximate surface area is 192 Å². The lowest BCUT2D eigenvalue weighted by Crippen LogP contribution is -2.38. The summed E-state index contributed by atoms with van der Waals surface area (Å²) in [5, 5.41) is 4.70. The van der Waals surface area contributed by atoms with E-state index < -0.39 is 7.12 Å². The van der Waals surface area contributed by atoms with Crippen LogP contribution in [0.3, 0.4) is 0 Å². The fraction of sp³-hybridized carbons (Fsp3) is 0.429. The van der Waals surface area contributed by atoms with Gasteiger partial charge in [0.15, 0.2) is 0 Å². The van der Waals surface area contributed by atoms with Crippen molar-refractivity contribution in [2.45, 2.75) is 65.2 Å². The fourth-order valence-corrected chi connectivity index (χ4v) is 4.44. The minimum absolute atomic E-state index is 0.411. The monoisotopic (exact) mass is 430 g/mol. The van der Waals surface area contributed by atoms with Gasteiger partial charge < -0.3 is 13.7 Å². The number of fused-ring (bicyclic) bond motifs is 5. The minimum Gasteiger partial charge on any atom is -0.456 e. The molecule has 0 saturated heterocycles. The number of para-hydroxylation sites is 1. The van der Waals surface area contributed by atoms with E-state index in [0.29, 0.717) is 13.2 Å². The summed E-state index contributed by atoms with van der Waals surface area (Å²) < 4.78 is 19.1. The van der Waals surface area contributed by atoms with Crippen LogP contribution in [0.15, 0.2) is 59.0 Å². The van der Waals surface area contributed by atoms with Crippen LogP contribution < -0.4 is 5.46 Å². The first-order valence-corrected chi connectivity index (χ1v) is 12.4. The highest BCUT2D eigenvalue weighted by atomic mass is 16.6.